The molecule has 0 unspecified atom stereocenters. The molecule has 6 heteroatoms. The molecule has 1 heterocycles. The Bertz CT molecular complexity index is 733. The van der Waals surface area contributed by atoms with Gasteiger partial charge in [0.1, 0.15) is 11.4 Å². The van der Waals surface area contributed by atoms with E-state index in [0.717, 1.165) is 11.4 Å². The van der Waals surface area contributed by atoms with Gasteiger partial charge in [-0.3, -0.25) is 4.68 Å². The summed E-state index contributed by atoms with van der Waals surface area (Å²) in [7, 11) is 0. The van der Waals surface area contributed by atoms with E-state index in [9.17, 15) is 0 Å². The van der Waals surface area contributed by atoms with Crippen molar-refractivity contribution in [1.82, 2.24) is 9.78 Å². The normalized spacial score (nSPS) is 10.0. The summed E-state index contributed by atoms with van der Waals surface area (Å²) in [5.74, 6) is 1.03. The Morgan fingerprint density at radius 2 is 1.86 bits per heavy atom. The van der Waals surface area contributed by atoms with E-state index in [1.54, 1.807) is 16.8 Å². The van der Waals surface area contributed by atoms with Gasteiger partial charge in [0, 0.05) is 0 Å². The van der Waals surface area contributed by atoms with Crippen LogP contribution in [-0.4, -0.2) is 21.5 Å². The minimum absolute atomic E-state index is 0.00634. The zero-order valence-corrected chi connectivity index (χ0v) is 12.5. The van der Waals surface area contributed by atoms with Crippen LogP contribution in [0.1, 0.15) is 29.4 Å². The Hall–Kier alpha value is -2.83. The van der Waals surface area contributed by atoms with Crippen molar-refractivity contribution < 1.29 is 9.84 Å². The lowest BCUT2D eigenvalue weighted by Gasteiger charge is -2.08. The lowest BCUT2D eigenvalue weighted by atomic mass is 10.1. The summed E-state index contributed by atoms with van der Waals surface area (Å²) in [5, 5.41) is 31.5. The average Bonchev–Trinajstić information content (AvgIpc) is 2.83. The number of aliphatic hydroxyl groups is 1. The molecule has 2 rings (SSSR count). The largest absolute Gasteiger partial charge is 0.453 e. The van der Waals surface area contributed by atoms with Crippen molar-refractivity contribution in [2.24, 2.45) is 0 Å². The van der Waals surface area contributed by atoms with Crippen molar-refractivity contribution in [3.63, 3.8) is 0 Å². The number of nitrogens with zero attached hydrogens (tertiary/aromatic N) is 4. The third-order valence-electron chi connectivity index (χ3n) is 3.25. The van der Waals surface area contributed by atoms with Gasteiger partial charge >= 0.3 is 0 Å². The van der Waals surface area contributed by atoms with Crippen LogP contribution < -0.4 is 4.74 Å². The zero-order valence-electron chi connectivity index (χ0n) is 12.5. The van der Waals surface area contributed by atoms with Crippen molar-refractivity contribution in [2.45, 2.75) is 26.8 Å². The van der Waals surface area contributed by atoms with E-state index >= 15 is 0 Å². The van der Waals surface area contributed by atoms with Crippen LogP contribution in [-0.2, 0) is 13.0 Å². The highest BCUT2D eigenvalue weighted by molar-refractivity contribution is 5.47. The van der Waals surface area contributed by atoms with Crippen LogP contribution >= 0.6 is 0 Å². The molecule has 0 amide bonds. The number of rotatable bonds is 5. The number of aryl methyl sites for hydroxylation is 1. The van der Waals surface area contributed by atoms with Gasteiger partial charge in [0.2, 0.25) is 0 Å². The molecule has 0 aliphatic carbocycles. The average molecular weight is 296 g/mol. The van der Waals surface area contributed by atoms with Gasteiger partial charge < -0.3 is 9.84 Å². The van der Waals surface area contributed by atoms with Gasteiger partial charge in [-0.05, 0) is 31.5 Å². The maximum atomic E-state index is 9.07. The predicted molar refractivity (Wildman–Crippen MR) is 79.4 cm³/mol. The van der Waals surface area contributed by atoms with Crippen LogP contribution in [0.15, 0.2) is 18.2 Å². The zero-order chi connectivity index (χ0) is 16.1. The molecule has 1 aromatic carbocycles. The summed E-state index contributed by atoms with van der Waals surface area (Å²) in [6.45, 7) is 4.21. The smallest absolute Gasteiger partial charge is 0.171 e. The van der Waals surface area contributed by atoms with Gasteiger partial charge in [0.15, 0.2) is 5.75 Å². The van der Waals surface area contributed by atoms with Crippen LogP contribution in [0.2, 0.25) is 0 Å². The summed E-state index contributed by atoms with van der Waals surface area (Å²) in [4.78, 5) is 0. The highest BCUT2D eigenvalue weighted by Crippen LogP contribution is 2.30. The highest BCUT2D eigenvalue weighted by Gasteiger charge is 2.16. The van der Waals surface area contributed by atoms with Crippen LogP contribution in [0.4, 0.5) is 0 Å². The van der Waals surface area contributed by atoms with E-state index in [4.69, 9.17) is 20.4 Å². The van der Waals surface area contributed by atoms with Gasteiger partial charge in [0.05, 0.1) is 42.1 Å². The molecule has 1 aromatic heterocycles. The Balaban J connectivity index is 2.43. The van der Waals surface area contributed by atoms with Crippen LogP contribution in [0.5, 0.6) is 11.5 Å². The lowest BCUT2D eigenvalue weighted by Crippen LogP contribution is -2.06. The molecule has 0 aliphatic rings. The molecule has 0 atom stereocenters. The van der Waals surface area contributed by atoms with Crippen LogP contribution in [0.3, 0.4) is 0 Å². The number of nitriles is 2. The maximum Gasteiger partial charge on any atom is 0.171 e. The fourth-order valence-corrected chi connectivity index (χ4v) is 2.17. The second-order valence-corrected chi connectivity index (χ2v) is 4.73. The second kappa shape index (κ2) is 6.75. The molecule has 0 fully saturated rings. The minimum atomic E-state index is -0.00634. The first-order valence-electron chi connectivity index (χ1n) is 6.93. The lowest BCUT2D eigenvalue weighted by molar-refractivity contribution is 0.267. The number of aliphatic hydroxyl groups excluding tert-OH is 1. The number of hydrogen-bond acceptors (Lipinski definition) is 5. The minimum Gasteiger partial charge on any atom is -0.453 e. The third kappa shape index (κ3) is 3.08. The van der Waals surface area contributed by atoms with E-state index in [-0.39, 0.29) is 6.61 Å². The van der Waals surface area contributed by atoms with Crippen LogP contribution in [0.25, 0.3) is 0 Å². The maximum absolute atomic E-state index is 9.07. The molecule has 112 valence electrons. The Morgan fingerprint density at radius 3 is 2.36 bits per heavy atom. The number of hydrogen-bond donors (Lipinski definition) is 1. The monoisotopic (exact) mass is 296 g/mol. The van der Waals surface area contributed by atoms with E-state index in [0.29, 0.717) is 35.6 Å². The topological polar surface area (TPSA) is 94.9 Å². The van der Waals surface area contributed by atoms with Crippen molar-refractivity contribution in [2.75, 3.05) is 6.61 Å². The van der Waals surface area contributed by atoms with Gasteiger partial charge in [-0.25, -0.2) is 0 Å². The molecule has 2 aromatic rings. The third-order valence-corrected chi connectivity index (χ3v) is 3.25. The summed E-state index contributed by atoms with van der Waals surface area (Å²) >= 11 is 0. The van der Waals surface area contributed by atoms with Gasteiger partial charge in [-0.15, -0.1) is 0 Å². The van der Waals surface area contributed by atoms with E-state index < -0.39 is 0 Å². The fraction of sp³-hybridized carbons (Fsp3) is 0.312. The molecular formula is C16H16N4O2. The molecular weight excluding hydrogens is 280 g/mol. The first-order chi connectivity index (χ1) is 10.6. The Labute approximate surface area is 128 Å². The van der Waals surface area contributed by atoms with Crippen LogP contribution in [0, 0.1) is 29.6 Å². The van der Waals surface area contributed by atoms with E-state index in [2.05, 4.69) is 5.10 Å². The van der Waals surface area contributed by atoms with Gasteiger partial charge in [-0.2, -0.15) is 15.6 Å². The SMILES string of the molecule is CCc1nn(CCO)c(C)c1Oc1cc(C#N)cc(C#N)c1. The molecule has 1 N–H and O–H groups in total. The molecule has 22 heavy (non-hydrogen) atoms. The number of benzene rings is 1. The second-order valence-electron chi connectivity index (χ2n) is 4.73. The first kappa shape index (κ1) is 15.6. The molecule has 0 saturated carbocycles. The van der Waals surface area contributed by atoms with E-state index in [1.165, 1.54) is 6.07 Å². The summed E-state index contributed by atoms with van der Waals surface area (Å²) in [5.41, 5.74) is 2.30. The standard InChI is InChI=1S/C16H16N4O2/c1-3-15-16(11(2)20(19-15)4-5-21)22-14-7-12(9-17)6-13(8-14)10-18/h6-8,21H,3-5H2,1-2H3. The quantitative estimate of drug-likeness (QED) is 0.913. The molecule has 0 saturated heterocycles. The highest BCUT2D eigenvalue weighted by atomic mass is 16.5. The molecule has 0 spiro atoms. The number of ether oxygens (including phenoxy) is 1. The van der Waals surface area contributed by atoms with Crippen molar-refractivity contribution in [3.8, 4) is 23.6 Å². The Morgan fingerprint density at radius 1 is 1.23 bits per heavy atom. The van der Waals surface area contributed by atoms with Gasteiger partial charge in [0.25, 0.3) is 0 Å². The molecule has 0 aliphatic heterocycles. The summed E-state index contributed by atoms with van der Waals surface area (Å²) < 4.78 is 7.56. The summed E-state index contributed by atoms with van der Waals surface area (Å²) in [6.07, 6.45) is 0.678. The Kier molecular flexibility index (Phi) is 4.77. The van der Waals surface area contributed by atoms with Crippen molar-refractivity contribution in [1.29, 1.82) is 10.5 Å². The van der Waals surface area contributed by atoms with Crippen molar-refractivity contribution in [3.05, 3.63) is 40.7 Å². The fourth-order valence-electron chi connectivity index (χ4n) is 2.17. The first-order valence-corrected chi connectivity index (χ1v) is 6.93. The molecule has 6 nitrogen and oxygen atoms in total. The summed E-state index contributed by atoms with van der Waals surface area (Å²) in [6, 6.07) is 8.71. The number of aromatic nitrogens is 2. The predicted octanol–water partition coefficient (Wildman–Crippen LogP) is 2.28. The van der Waals surface area contributed by atoms with Gasteiger partial charge in [-0.1, -0.05) is 6.92 Å². The molecule has 0 radical (unpaired) electrons. The molecule has 0 bridgehead atoms. The van der Waals surface area contributed by atoms with Crippen molar-refractivity contribution >= 4 is 0 Å². The van der Waals surface area contributed by atoms with E-state index in [1.807, 2.05) is 26.0 Å².